The monoisotopic (exact) mass is 279 g/mol. The van der Waals surface area contributed by atoms with E-state index in [1.807, 2.05) is 24.3 Å². The van der Waals surface area contributed by atoms with Gasteiger partial charge in [0.05, 0.1) is 18.2 Å². The molecular formula is C16H13N3O2. The summed E-state index contributed by atoms with van der Waals surface area (Å²) in [6.07, 6.45) is 6.91. The number of aromatic nitrogens is 3. The number of fused-ring (bicyclic) bond motifs is 1. The van der Waals surface area contributed by atoms with E-state index < -0.39 is 0 Å². The predicted octanol–water partition coefficient (Wildman–Crippen LogP) is 2.65. The number of methoxy groups -OCH3 is 1. The van der Waals surface area contributed by atoms with E-state index in [0.29, 0.717) is 23.0 Å². The highest BCUT2D eigenvalue weighted by molar-refractivity contribution is 5.78. The van der Waals surface area contributed by atoms with Crippen molar-refractivity contribution in [3.05, 3.63) is 36.5 Å². The second-order valence-electron chi connectivity index (χ2n) is 4.31. The molecule has 3 rings (SSSR count). The van der Waals surface area contributed by atoms with Crippen molar-refractivity contribution < 1.29 is 9.47 Å². The Hall–Kier alpha value is -3.00. The number of benzene rings is 1. The summed E-state index contributed by atoms with van der Waals surface area (Å²) in [5, 5.41) is 0. The van der Waals surface area contributed by atoms with Crippen LogP contribution < -0.4 is 9.47 Å². The maximum Gasteiger partial charge on any atom is 0.178 e. The zero-order chi connectivity index (χ0) is 14.7. The van der Waals surface area contributed by atoms with E-state index >= 15 is 0 Å². The third-order valence-electron chi connectivity index (χ3n) is 3.01. The Bertz CT molecular complexity index is 785. The van der Waals surface area contributed by atoms with Crippen molar-refractivity contribution in [1.29, 1.82) is 0 Å². The SMILES string of the molecule is C#CCOc1ccc(OC)c(-c2nc3ncccc3[nH]2)c1. The molecule has 0 aliphatic rings. The molecule has 0 unspecified atom stereocenters. The molecule has 0 aliphatic heterocycles. The van der Waals surface area contributed by atoms with Crippen LogP contribution in [-0.4, -0.2) is 28.7 Å². The summed E-state index contributed by atoms with van der Waals surface area (Å²) >= 11 is 0. The van der Waals surface area contributed by atoms with Crippen molar-refractivity contribution in [2.75, 3.05) is 13.7 Å². The molecule has 0 radical (unpaired) electrons. The van der Waals surface area contributed by atoms with Crippen LogP contribution in [0.5, 0.6) is 11.5 Å². The number of nitrogens with one attached hydrogen (secondary N) is 1. The highest BCUT2D eigenvalue weighted by Gasteiger charge is 2.12. The number of pyridine rings is 1. The molecule has 5 nitrogen and oxygen atoms in total. The molecule has 5 heteroatoms. The molecule has 0 fully saturated rings. The van der Waals surface area contributed by atoms with Crippen molar-refractivity contribution in [2.45, 2.75) is 0 Å². The first-order valence-corrected chi connectivity index (χ1v) is 6.37. The maximum absolute atomic E-state index is 5.44. The van der Waals surface area contributed by atoms with Crippen molar-refractivity contribution in [1.82, 2.24) is 15.0 Å². The highest BCUT2D eigenvalue weighted by Crippen LogP contribution is 2.32. The smallest absolute Gasteiger partial charge is 0.178 e. The minimum absolute atomic E-state index is 0.216. The third-order valence-corrected chi connectivity index (χ3v) is 3.01. The lowest BCUT2D eigenvalue weighted by atomic mass is 10.2. The molecule has 104 valence electrons. The van der Waals surface area contributed by atoms with E-state index in [9.17, 15) is 0 Å². The molecule has 0 saturated carbocycles. The van der Waals surface area contributed by atoms with Crippen LogP contribution >= 0.6 is 0 Å². The Labute approximate surface area is 122 Å². The largest absolute Gasteiger partial charge is 0.496 e. The molecule has 2 aromatic heterocycles. The van der Waals surface area contributed by atoms with Gasteiger partial charge in [0.25, 0.3) is 0 Å². The number of hydrogen-bond donors (Lipinski definition) is 1. The lowest BCUT2D eigenvalue weighted by molar-refractivity contribution is 0.368. The number of imidazole rings is 1. The number of nitrogens with zero attached hydrogens (tertiary/aromatic N) is 2. The normalized spacial score (nSPS) is 10.3. The Morgan fingerprint density at radius 3 is 3.00 bits per heavy atom. The molecule has 0 spiro atoms. The summed E-state index contributed by atoms with van der Waals surface area (Å²) in [7, 11) is 1.61. The number of hydrogen-bond acceptors (Lipinski definition) is 4. The quantitative estimate of drug-likeness (QED) is 0.746. The van der Waals surface area contributed by atoms with Gasteiger partial charge in [0.15, 0.2) is 5.65 Å². The number of rotatable bonds is 4. The Balaban J connectivity index is 2.08. The van der Waals surface area contributed by atoms with Gasteiger partial charge in [-0.2, -0.15) is 0 Å². The van der Waals surface area contributed by atoms with Crippen LogP contribution in [0.25, 0.3) is 22.6 Å². The van der Waals surface area contributed by atoms with Crippen molar-refractivity contribution in [3.63, 3.8) is 0 Å². The minimum Gasteiger partial charge on any atom is -0.496 e. The van der Waals surface area contributed by atoms with Gasteiger partial charge in [0, 0.05) is 6.20 Å². The first-order chi connectivity index (χ1) is 10.3. The summed E-state index contributed by atoms with van der Waals surface area (Å²) in [6, 6.07) is 9.24. The van der Waals surface area contributed by atoms with Gasteiger partial charge in [-0.1, -0.05) is 5.92 Å². The van der Waals surface area contributed by atoms with Gasteiger partial charge in [0.2, 0.25) is 0 Å². The molecule has 0 bridgehead atoms. The summed E-state index contributed by atoms with van der Waals surface area (Å²) in [5.74, 6) is 4.47. The van der Waals surface area contributed by atoms with E-state index in [1.165, 1.54) is 0 Å². The molecule has 21 heavy (non-hydrogen) atoms. The van der Waals surface area contributed by atoms with Crippen LogP contribution in [0.2, 0.25) is 0 Å². The fourth-order valence-corrected chi connectivity index (χ4v) is 2.06. The van der Waals surface area contributed by atoms with Crippen LogP contribution in [-0.2, 0) is 0 Å². The van der Waals surface area contributed by atoms with Crippen LogP contribution in [0, 0.1) is 12.3 Å². The van der Waals surface area contributed by atoms with Crippen LogP contribution in [0.4, 0.5) is 0 Å². The molecule has 0 atom stereocenters. The lowest BCUT2D eigenvalue weighted by Crippen LogP contribution is -1.95. The maximum atomic E-state index is 5.44. The number of terminal acetylenes is 1. The van der Waals surface area contributed by atoms with Gasteiger partial charge in [-0.25, -0.2) is 9.97 Å². The zero-order valence-electron chi connectivity index (χ0n) is 11.5. The number of H-pyrrole nitrogens is 1. The van der Waals surface area contributed by atoms with Gasteiger partial charge in [-0.3, -0.25) is 0 Å². The fourth-order valence-electron chi connectivity index (χ4n) is 2.06. The van der Waals surface area contributed by atoms with E-state index in [4.69, 9.17) is 15.9 Å². The average molecular weight is 279 g/mol. The summed E-state index contributed by atoms with van der Waals surface area (Å²) in [6.45, 7) is 0.216. The van der Waals surface area contributed by atoms with E-state index in [2.05, 4.69) is 20.9 Å². The van der Waals surface area contributed by atoms with Gasteiger partial charge in [0.1, 0.15) is 23.9 Å². The standard InChI is InChI=1S/C16H13N3O2/c1-3-9-21-11-6-7-14(20-2)12(10-11)15-18-13-5-4-8-17-16(13)19-15/h1,4-8,10H,9H2,2H3,(H,17,18,19). The summed E-state index contributed by atoms with van der Waals surface area (Å²) in [4.78, 5) is 11.9. The lowest BCUT2D eigenvalue weighted by Gasteiger charge is -2.09. The summed E-state index contributed by atoms with van der Waals surface area (Å²) < 4.78 is 10.8. The van der Waals surface area contributed by atoms with Crippen LogP contribution in [0.3, 0.4) is 0 Å². The first-order valence-electron chi connectivity index (χ1n) is 6.37. The van der Waals surface area contributed by atoms with Crippen LogP contribution in [0.1, 0.15) is 0 Å². The first kappa shape index (κ1) is 13.0. The van der Waals surface area contributed by atoms with Crippen molar-refractivity contribution >= 4 is 11.2 Å². The van der Waals surface area contributed by atoms with Gasteiger partial charge in [-0.15, -0.1) is 6.42 Å². The Morgan fingerprint density at radius 2 is 2.24 bits per heavy atom. The van der Waals surface area contributed by atoms with Gasteiger partial charge in [-0.05, 0) is 30.3 Å². The van der Waals surface area contributed by atoms with Gasteiger partial charge >= 0.3 is 0 Å². The van der Waals surface area contributed by atoms with Crippen molar-refractivity contribution in [2.24, 2.45) is 0 Å². The van der Waals surface area contributed by atoms with E-state index in [1.54, 1.807) is 19.4 Å². The molecule has 3 aromatic rings. The predicted molar refractivity (Wildman–Crippen MR) is 80.2 cm³/mol. The zero-order valence-corrected chi connectivity index (χ0v) is 11.5. The Kier molecular flexibility index (Phi) is 3.44. The Morgan fingerprint density at radius 1 is 1.33 bits per heavy atom. The topological polar surface area (TPSA) is 60.0 Å². The molecule has 2 heterocycles. The molecule has 1 N–H and O–H groups in total. The highest BCUT2D eigenvalue weighted by atomic mass is 16.5. The second kappa shape index (κ2) is 5.55. The molecule has 0 aliphatic carbocycles. The van der Waals surface area contributed by atoms with Crippen molar-refractivity contribution in [3.8, 4) is 35.2 Å². The van der Waals surface area contributed by atoms with Crippen LogP contribution in [0.15, 0.2) is 36.5 Å². The minimum atomic E-state index is 0.216. The molecular weight excluding hydrogens is 266 g/mol. The number of ether oxygens (including phenoxy) is 2. The number of aromatic amines is 1. The second-order valence-corrected chi connectivity index (χ2v) is 4.31. The van der Waals surface area contributed by atoms with E-state index in [0.717, 1.165) is 11.1 Å². The van der Waals surface area contributed by atoms with Gasteiger partial charge < -0.3 is 14.5 Å². The molecule has 1 aromatic carbocycles. The molecule has 0 amide bonds. The molecule has 0 saturated heterocycles. The summed E-state index contributed by atoms with van der Waals surface area (Å²) in [5.41, 5.74) is 2.32. The third kappa shape index (κ3) is 2.51. The van der Waals surface area contributed by atoms with E-state index in [-0.39, 0.29) is 6.61 Å². The fraction of sp³-hybridized carbons (Fsp3) is 0.125. The average Bonchev–Trinajstić information content (AvgIpc) is 2.96.